The Morgan fingerprint density at radius 2 is 1.43 bits per heavy atom. The Morgan fingerprint density at radius 1 is 0.952 bits per heavy atom. The van der Waals surface area contributed by atoms with Crippen molar-refractivity contribution in [1.82, 2.24) is 0 Å². The molecule has 0 amide bonds. The molecule has 0 heterocycles. The van der Waals surface area contributed by atoms with Crippen LogP contribution in [0.1, 0.15) is 76.3 Å². The Bertz CT molecular complexity index is 379. The van der Waals surface area contributed by atoms with E-state index in [4.69, 9.17) is 5.73 Å². The van der Waals surface area contributed by atoms with E-state index in [1.165, 1.54) is 11.1 Å². The summed E-state index contributed by atoms with van der Waals surface area (Å²) in [5.41, 5.74) is 8.48. The third-order valence-electron chi connectivity index (χ3n) is 4.50. The largest absolute Gasteiger partial charge is 0.392 e. The third-order valence-corrected chi connectivity index (χ3v) is 4.50. The van der Waals surface area contributed by atoms with E-state index in [9.17, 15) is 5.11 Å². The molecule has 1 aromatic carbocycles. The first-order valence-corrected chi connectivity index (χ1v) is 8.53. The number of hydrogen-bond acceptors (Lipinski definition) is 2. The normalized spacial score (nSPS) is 14.7. The quantitative estimate of drug-likeness (QED) is 0.707. The van der Waals surface area contributed by atoms with Gasteiger partial charge in [-0.1, -0.05) is 64.8 Å². The standard InChI is InChI=1S/C19H33NO/c1-5-7-17(8-6-2)19(21)18(13-20)16-11-9-15(10-12-16)14(3)4/h9-12,14,17-19,21H,5-8,13,20H2,1-4H3. The van der Waals surface area contributed by atoms with Gasteiger partial charge >= 0.3 is 0 Å². The second-order valence-electron chi connectivity index (χ2n) is 6.49. The zero-order valence-corrected chi connectivity index (χ0v) is 14.2. The van der Waals surface area contributed by atoms with Gasteiger partial charge in [-0.25, -0.2) is 0 Å². The van der Waals surface area contributed by atoms with E-state index in [-0.39, 0.29) is 12.0 Å². The lowest BCUT2D eigenvalue weighted by Crippen LogP contribution is -2.32. The van der Waals surface area contributed by atoms with Crippen molar-refractivity contribution in [2.45, 2.75) is 71.3 Å². The fourth-order valence-corrected chi connectivity index (χ4v) is 3.16. The number of aliphatic hydroxyl groups is 1. The van der Waals surface area contributed by atoms with Gasteiger partial charge in [0.1, 0.15) is 0 Å². The van der Waals surface area contributed by atoms with Gasteiger partial charge in [-0.3, -0.25) is 0 Å². The number of hydrogen-bond donors (Lipinski definition) is 2. The Hall–Kier alpha value is -0.860. The summed E-state index contributed by atoms with van der Waals surface area (Å²) in [5.74, 6) is 0.945. The Balaban J connectivity index is 2.88. The van der Waals surface area contributed by atoms with Gasteiger partial charge in [-0.2, -0.15) is 0 Å². The van der Waals surface area contributed by atoms with Gasteiger partial charge in [-0.15, -0.1) is 0 Å². The van der Waals surface area contributed by atoms with Crippen LogP contribution in [-0.4, -0.2) is 17.8 Å². The van der Waals surface area contributed by atoms with Crippen LogP contribution in [0.2, 0.25) is 0 Å². The van der Waals surface area contributed by atoms with Crippen LogP contribution in [0.15, 0.2) is 24.3 Å². The molecule has 0 fully saturated rings. The van der Waals surface area contributed by atoms with Gasteiger partial charge in [0, 0.05) is 12.5 Å². The lowest BCUT2D eigenvalue weighted by Gasteiger charge is -2.29. The number of aliphatic hydroxyl groups excluding tert-OH is 1. The molecule has 2 unspecified atom stereocenters. The summed E-state index contributed by atoms with van der Waals surface area (Å²) in [4.78, 5) is 0. The average Bonchev–Trinajstić information content (AvgIpc) is 2.48. The van der Waals surface area contributed by atoms with Crippen molar-refractivity contribution in [3.05, 3.63) is 35.4 Å². The minimum absolute atomic E-state index is 0.0503. The summed E-state index contributed by atoms with van der Waals surface area (Å²) in [7, 11) is 0. The summed E-state index contributed by atoms with van der Waals surface area (Å²) in [6.45, 7) is 9.27. The molecule has 0 bridgehead atoms. The molecule has 2 heteroatoms. The van der Waals surface area contributed by atoms with Crippen molar-refractivity contribution in [3.8, 4) is 0 Å². The highest BCUT2D eigenvalue weighted by Crippen LogP contribution is 2.30. The zero-order valence-electron chi connectivity index (χ0n) is 14.2. The van der Waals surface area contributed by atoms with Crippen LogP contribution >= 0.6 is 0 Å². The Labute approximate surface area is 130 Å². The molecule has 1 aromatic rings. The molecule has 2 nitrogen and oxygen atoms in total. The van der Waals surface area contributed by atoms with Crippen molar-refractivity contribution < 1.29 is 5.11 Å². The van der Waals surface area contributed by atoms with Crippen molar-refractivity contribution >= 4 is 0 Å². The molecule has 0 aliphatic rings. The Morgan fingerprint density at radius 3 is 1.81 bits per heavy atom. The SMILES string of the molecule is CCCC(CCC)C(O)C(CN)c1ccc(C(C)C)cc1. The number of nitrogens with two attached hydrogens (primary N) is 1. The van der Waals surface area contributed by atoms with Crippen LogP contribution < -0.4 is 5.73 Å². The Kier molecular flexibility index (Phi) is 7.98. The topological polar surface area (TPSA) is 46.2 Å². The lowest BCUT2D eigenvalue weighted by molar-refractivity contribution is 0.0722. The van der Waals surface area contributed by atoms with Crippen LogP contribution in [0.3, 0.4) is 0 Å². The minimum atomic E-state index is -0.334. The molecular weight excluding hydrogens is 258 g/mol. The molecule has 21 heavy (non-hydrogen) atoms. The van der Waals surface area contributed by atoms with Crippen LogP contribution in [0.25, 0.3) is 0 Å². The van der Waals surface area contributed by atoms with Crippen LogP contribution in [0.5, 0.6) is 0 Å². The van der Waals surface area contributed by atoms with E-state index >= 15 is 0 Å². The van der Waals surface area contributed by atoms with E-state index < -0.39 is 0 Å². The lowest BCUT2D eigenvalue weighted by atomic mass is 9.81. The second kappa shape index (κ2) is 9.22. The maximum atomic E-state index is 10.8. The highest BCUT2D eigenvalue weighted by Gasteiger charge is 2.27. The van der Waals surface area contributed by atoms with Crippen molar-refractivity contribution in [2.24, 2.45) is 11.7 Å². The summed E-state index contributed by atoms with van der Waals surface area (Å²) in [6.07, 6.45) is 4.06. The summed E-state index contributed by atoms with van der Waals surface area (Å²) >= 11 is 0. The van der Waals surface area contributed by atoms with Gasteiger partial charge in [0.2, 0.25) is 0 Å². The molecule has 3 N–H and O–H groups in total. The number of benzene rings is 1. The van der Waals surface area contributed by atoms with Crippen LogP contribution in [0.4, 0.5) is 0 Å². The van der Waals surface area contributed by atoms with Gasteiger partial charge in [0.15, 0.2) is 0 Å². The smallest absolute Gasteiger partial charge is 0.0648 e. The van der Waals surface area contributed by atoms with Crippen LogP contribution in [-0.2, 0) is 0 Å². The van der Waals surface area contributed by atoms with Gasteiger partial charge in [-0.05, 0) is 35.8 Å². The van der Waals surface area contributed by atoms with E-state index in [2.05, 4.69) is 52.0 Å². The number of rotatable bonds is 9. The predicted octanol–water partition coefficient (Wildman–Crippen LogP) is 4.43. The van der Waals surface area contributed by atoms with E-state index in [0.717, 1.165) is 25.7 Å². The maximum absolute atomic E-state index is 10.8. The molecular formula is C19H33NO. The van der Waals surface area contributed by atoms with Crippen molar-refractivity contribution in [2.75, 3.05) is 6.54 Å². The third kappa shape index (κ3) is 5.12. The fraction of sp³-hybridized carbons (Fsp3) is 0.684. The molecule has 0 saturated carbocycles. The molecule has 0 spiro atoms. The molecule has 0 saturated heterocycles. The molecule has 0 aliphatic carbocycles. The van der Waals surface area contributed by atoms with E-state index in [0.29, 0.717) is 18.4 Å². The highest BCUT2D eigenvalue weighted by atomic mass is 16.3. The predicted molar refractivity (Wildman–Crippen MR) is 91.6 cm³/mol. The first-order chi connectivity index (χ1) is 10.0. The highest BCUT2D eigenvalue weighted by molar-refractivity contribution is 5.28. The molecule has 2 atom stereocenters. The second-order valence-corrected chi connectivity index (χ2v) is 6.49. The van der Waals surface area contributed by atoms with Crippen LogP contribution in [0, 0.1) is 5.92 Å². The van der Waals surface area contributed by atoms with Crippen molar-refractivity contribution in [1.29, 1.82) is 0 Å². The first-order valence-electron chi connectivity index (χ1n) is 8.53. The van der Waals surface area contributed by atoms with E-state index in [1.807, 2.05) is 0 Å². The maximum Gasteiger partial charge on any atom is 0.0648 e. The van der Waals surface area contributed by atoms with Gasteiger partial charge < -0.3 is 10.8 Å². The summed E-state index contributed by atoms with van der Waals surface area (Å²) in [5, 5.41) is 10.8. The van der Waals surface area contributed by atoms with Gasteiger partial charge in [0.05, 0.1) is 6.10 Å². The average molecular weight is 291 g/mol. The van der Waals surface area contributed by atoms with Gasteiger partial charge in [0.25, 0.3) is 0 Å². The monoisotopic (exact) mass is 291 g/mol. The zero-order chi connectivity index (χ0) is 15.8. The van der Waals surface area contributed by atoms with Crippen molar-refractivity contribution in [3.63, 3.8) is 0 Å². The molecule has 0 radical (unpaired) electrons. The summed E-state index contributed by atoms with van der Waals surface area (Å²) < 4.78 is 0. The first kappa shape index (κ1) is 18.2. The minimum Gasteiger partial charge on any atom is -0.392 e. The van der Waals surface area contributed by atoms with E-state index in [1.54, 1.807) is 0 Å². The fourth-order valence-electron chi connectivity index (χ4n) is 3.16. The molecule has 1 rings (SSSR count). The summed E-state index contributed by atoms with van der Waals surface area (Å²) in [6, 6.07) is 8.63. The molecule has 0 aromatic heterocycles. The molecule has 120 valence electrons. The molecule has 0 aliphatic heterocycles.